The van der Waals surface area contributed by atoms with Crippen molar-refractivity contribution >= 4 is 15.7 Å². The number of hydrogen-bond acceptors (Lipinski definition) is 4. The molecular formula is C17H20N2O3S. The summed E-state index contributed by atoms with van der Waals surface area (Å²) in [6, 6.07) is 11.5. The summed E-state index contributed by atoms with van der Waals surface area (Å²) >= 11 is 0. The van der Waals surface area contributed by atoms with Crippen LogP contribution in [0.25, 0.3) is 11.1 Å². The molecule has 23 heavy (non-hydrogen) atoms. The van der Waals surface area contributed by atoms with E-state index >= 15 is 0 Å². The summed E-state index contributed by atoms with van der Waals surface area (Å²) in [6.45, 7) is 1.87. The number of amides is 1. The Kier molecular flexibility index (Phi) is 5.50. The molecule has 1 aromatic carbocycles. The Morgan fingerprint density at radius 3 is 2.43 bits per heavy atom. The zero-order chi connectivity index (χ0) is 16.9. The predicted molar refractivity (Wildman–Crippen MR) is 90.6 cm³/mol. The third-order valence-electron chi connectivity index (χ3n) is 3.48. The van der Waals surface area contributed by atoms with Gasteiger partial charge in [-0.3, -0.25) is 9.78 Å². The van der Waals surface area contributed by atoms with Gasteiger partial charge < -0.3 is 5.32 Å². The van der Waals surface area contributed by atoms with Gasteiger partial charge in [-0.2, -0.15) is 0 Å². The number of pyridine rings is 1. The van der Waals surface area contributed by atoms with Gasteiger partial charge in [0.15, 0.2) is 0 Å². The Labute approximate surface area is 136 Å². The molecule has 6 heteroatoms. The van der Waals surface area contributed by atoms with E-state index in [1.165, 1.54) is 0 Å². The normalized spacial score (nSPS) is 12.6. The molecule has 0 saturated carbocycles. The fourth-order valence-electron chi connectivity index (χ4n) is 2.17. The molecular weight excluding hydrogens is 312 g/mol. The zero-order valence-corrected chi connectivity index (χ0v) is 14.0. The number of carbonyl (C=O) groups excluding carboxylic acids is 1. The van der Waals surface area contributed by atoms with E-state index in [4.69, 9.17) is 0 Å². The highest BCUT2D eigenvalue weighted by molar-refractivity contribution is 7.90. The van der Waals surface area contributed by atoms with E-state index in [2.05, 4.69) is 10.3 Å². The minimum Gasteiger partial charge on any atom is -0.350 e. The van der Waals surface area contributed by atoms with Crippen LogP contribution in [0.15, 0.2) is 48.8 Å². The Balaban J connectivity index is 1.98. The highest BCUT2D eigenvalue weighted by Gasteiger charge is 2.12. The second-order valence-electron chi connectivity index (χ2n) is 5.53. The maximum absolute atomic E-state index is 11.8. The van der Waals surface area contributed by atoms with Gasteiger partial charge in [0.1, 0.15) is 9.84 Å². The molecule has 1 heterocycles. The van der Waals surface area contributed by atoms with Crippen molar-refractivity contribution in [1.29, 1.82) is 0 Å². The molecule has 0 bridgehead atoms. The zero-order valence-electron chi connectivity index (χ0n) is 13.2. The number of hydrogen-bond donors (Lipinski definition) is 1. The average molecular weight is 332 g/mol. The van der Waals surface area contributed by atoms with Crippen LogP contribution >= 0.6 is 0 Å². The van der Waals surface area contributed by atoms with Crippen LogP contribution in [0.5, 0.6) is 0 Å². The molecule has 0 aliphatic carbocycles. The van der Waals surface area contributed by atoms with E-state index in [0.29, 0.717) is 0 Å². The number of nitrogens with one attached hydrogen (secondary N) is 1. The third-order valence-corrected chi connectivity index (χ3v) is 4.43. The number of aromatic nitrogens is 1. The Morgan fingerprint density at radius 2 is 1.87 bits per heavy atom. The molecule has 2 aromatic rings. The van der Waals surface area contributed by atoms with Crippen LogP contribution in [0, 0.1) is 0 Å². The van der Waals surface area contributed by atoms with Crippen molar-refractivity contribution in [3.05, 3.63) is 54.4 Å². The van der Waals surface area contributed by atoms with Crippen molar-refractivity contribution in [3.8, 4) is 11.1 Å². The van der Waals surface area contributed by atoms with Crippen LogP contribution in [-0.2, 0) is 14.6 Å². The first-order chi connectivity index (χ1) is 10.8. The third kappa shape index (κ3) is 5.49. The van der Waals surface area contributed by atoms with Gasteiger partial charge in [0.2, 0.25) is 5.91 Å². The highest BCUT2D eigenvalue weighted by atomic mass is 32.2. The van der Waals surface area contributed by atoms with Crippen LogP contribution in [0.3, 0.4) is 0 Å². The molecule has 0 aliphatic rings. The van der Waals surface area contributed by atoms with E-state index < -0.39 is 9.84 Å². The van der Waals surface area contributed by atoms with Gasteiger partial charge >= 0.3 is 0 Å². The van der Waals surface area contributed by atoms with E-state index in [0.717, 1.165) is 22.9 Å². The van der Waals surface area contributed by atoms with Crippen molar-refractivity contribution in [2.24, 2.45) is 0 Å². The summed E-state index contributed by atoms with van der Waals surface area (Å²) in [4.78, 5) is 15.9. The molecule has 1 aromatic heterocycles. The molecule has 0 radical (unpaired) electrons. The van der Waals surface area contributed by atoms with Crippen molar-refractivity contribution < 1.29 is 13.2 Å². The molecule has 0 aliphatic heterocycles. The van der Waals surface area contributed by atoms with Crippen LogP contribution in [0.4, 0.5) is 0 Å². The standard InChI is InChI=1S/C17H20N2O3S/c1-13(19-17(20)9-11-23(2,21)22)14-5-7-15(8-6-14)16-4-3-10-18-12-16/h3-8,10,12-13H,9,11H2,1-2H3,(H,19,20). The molecule has 0 spiro atoms. The SMILES string of the molecule is CC(NC(=O)CCS(C)(=O)=O)c1ccc(-c2cccnc2)cc1. The van der Waals surface area contributed by atoms with Gasteiger partial charge in [0.25, 0.3) is 0 Å². The van der Waals surface area contributed by atoms with Crippen LogP contribution < -0.4 is 5.32 Å². The Morgan fingerprint density at radius 1 is 1.17 bits per heavy atom. The van der Waals surface area contributed by atoms with Crippen LogP contribution in [0.2, 0.25) is 0 Å². The molecule has 1 atom stereocenters. The Bertz CT molecular complexity index is 756. The fraction of sp³-hybridized carbons (Fsp3) is 0.294. The van der Waals surface area contributed by atoms with Crippen LogP contribution in [-0.4, -0.2) is 31.3 Å². The lowest BCUT2D eigenvalue weighted by Crippen LogP contribution is -2.28. The first kappa shape index (κ1) is 17.1. The lowest BCUT2D eigenvalue weighted by Gasteiger charge is -2.15. The number of carbonyl (C=O) groups is 1. The number of benzene rings is 1. The molecule has 1 N–H and O–H groups in total. The summed E-state index contributed by atoms with van der Waals surface area (Å²) in [5.41, 5.74) is 3.05. The highest BCUT2D eigenvalue weighted by Crippen LogP contribution is 2.21. The van der Waals surface area contributed by atoms with E-state index in [-0.39, 0.29) is 24.1 Å². The van der Waals surface area contributed by atoms with Crippen molar-refractivity contribution in [3.63, 3.8) is 0 Å². The molecule has 1 unspecified atom stereocenters. The fourth-order valence-corrected chi connectivity index (χ4v) is 2.73. The predicted octanol–water partition coefficient (Wildman–Crippen LogP) is 2.36. The second kappa shape index (κ2) is 7.37. The lowest BCUT2D eigenvalue weighted by molar-refractivity contribution is -0.121. The van der Waals surface area contributed by atoms with Gasteiger partial charge in [0, 0.05) is 25.1 Å². The molecule has 122 valence electrons. The second-order valence-corrected chi connectivity index (χ2v) is 7.79. The maximum Gasteiger partial charge on any atom is 0.221 e. The summed E-state index contributed by atoms with van der Waals surface area (Å²) < 4.78 is 22.2. The first-order valence-corrected chi connectivity index (χ1v) is 9.38. The van der Waals surface area contributed by atoms with Gasteiger partial charge in [-0.05, 0) is 29.7 Å². The monoisotopic (exact) mass is 332 g/mol. The van der Waals surface area contributed by atoms with Gasteiger partial charge in [-0.1, -0.05) is 30.3 Å². The number of nitrogens with zero attached hydrogens (tertiary/aromatic N) is 1. The molecule has 0 saturated heterocycles. The van der Waals surface area contributed by atoms with Crippen molar-refractivity contribution in [1.82, 2.24) is 10.3 Å². The van der Waals surface area contributed by atoms with Gasteiger partial charge in [0.05, 0.1) is 11.8 Å². The maximum atomic E-state index is 11.8. The topological polar surface area (TPSA) is 76.1 Å². The molecule has 0 fully saturated rings. The molecule has 2 rings (SSSR count). The van der Waals surface area contributed by atoms with Crippen LogP contribution in [0.1, 0.15) is 24.9 Å². The Hall–Kier alpha value is -2.21. The quantitative estimate of drug-likeness (QED) is 0.881. The summed E-state index contributed by atoms with van der Waals surface area (Å²) in [5, 5.41) is 2.81. The number of rotatable bonds is 6. The van der Waals surface area contributed by atoms with E-state index in [1.54, 1.807) is 12.4 Å². The first-order valence-electron chi connectivity index (χ1n) is 7.32. The smallest absolute Gasteiger partial charge is 0.221 e. The summed E-state index contributed by atoms with van der Waals surface area (Å²) in [5.74, 6) is -0.398. The van der Waals surface area contributed by atoms with E-state index in [1.807, 2.05) is 43.3 Å². The minimum absolute atomic E-state index is 0.0169. The molecule has 1 amide bonds. The minimum atomic E-state index is -3.12. The van der Waals surface area contributed by atoms with Gasteiger partial charge in [-0.15, -0.1) is 0 Å². The largest absolute Gasteiger partial charge is 0.350 e. The number of sulfone groups is 1. The average Bonchev–Trinajstić information content (AvgIpc) is 2.53. The van der Waals surface area contributed by atoms with Crippen molar-refractivity contribution in [2.75, 3.05) is 12.0 Å². The lowest BCUT2D eigenvalue weighted by atomic mass is 10.0. The van der Waals surface area contributed by atoms with Crippen molar-refractivity contribution in [2.45, 2.75) is 19.4 Å². The summed E-state index contributed by atoms with van der Waals surface area (Å²) in [7, 11) is -3.12. The molecule has 5 nitrogen and oxygen atoms in total. The van der Waals surface area contributed by atoms with Gasteiger partial charge in [-0.25, -0.2) is 8.42 Å². The van der Waals surface area contributed by atoms with E-state index in [9.17, 15) is 13.2 Å². The summed E-state index contributed by atoms with van der Waals surface area (Å²) in [6.07, 6.45) is 4.63.